The molecule has 0 bridgehead atoms. The molecular formula is C53H73FN2O11. The van der Waals surface area contributed by atoms with Crippen molar-refractivity contribution in [1.29, 1.82) is 0 Å². The summed E-state index contributed by atoms with van der Waals surface area (Å²) in [6.45, 7) is 19.6. The van der Waals surface area contributed by atoms with Crippen LogP contribution in [-0.4, -0.2) is 119 Å². The van der Waals surface area contributed by atoms with E-state index in [0.717, 1.165) is 33.6 Å². The third-order valence-corrected chi connectivity index (χ3v) is 10.8. The van der Waals surface area contributed by atoms with Gasteiger partial charge in [-0.2, -0.15) is 0 Å². The highest BCUT2D eigenvalue weighted by molar-refractivity contribution is 6.08. The van der Waals surface area contributed by atoms with Crippen molar-refractivity contribution in [2.24, 2.45) is 5.73 Å². The van der Waals surface area contributed by atoms with Crippen LogP contribution in [0.5, 0.6) is 5.75 Å². The van der Waals surface area contributed by atoms with E-state index >= 15 is 0 Å². The van der Waals surface area contributed by atoms with Gasteiger partial charge < -0.3 is 52.9 Å². The van der Waals surface area contributed by atoms with E-state index in [-0.39, 0.29) is 42.4 Å². The van der Waals surface area contributed by atoms with Gasteiger partial charge in [-0.25, -0.2) is 4.39 Å². The molecule has 0 saturated carbocycles. The Morgan fingerprint density at radius 3 is 1.85 bits per heavy atom. The molecule has 1 fully saturated rings. The van der Waals surface area contributed by atoms with Gasteiger partial charge >= 0.3 is 5.97 Å². The minimum absolute atomic E-state index is 0.0318. The molecule has 13 nitrogen and oxygen atoms in total. The lowest BCUT2D eigenvalue weighted by Crippen LogP contribution is -2.46. The first kappa shape index (κ1) is 53.4. The number of carbonyl (C=O) groups is 2. The Hall–Kier alpha value is -4.51. The van der Waals surface area contributed by atoms with Crippen LogP contribution in [0.4, 0.5) is 4.39 Å². The average Bonchev–Trinajstić information content (AvgIpc) is 3.62. The Balaban J connectivity index is 1.24. The van der Waals surface area contributed by atoms with E-state index in [1.807, 2.05) is 89.2 Å². The highest BCUT2D eigenvalue weighted by Crippen LogP contribution is 2.43. The van der Waals surface area contributed by atoms with Crippen LogP contribution in [0.3, 0.4) is 0 Å². The number of Topliss-reactive ketones (excluding diaryl/α,β-unsaturated/α-hetero) is 1. The van der Waals surface area contributed by atoms with Gasteiger partial charge in [0.15, 0.2) is 11.6 Å². The lowest BCUT2D eigenvalue weighted by atomic mass is 9.90. The summed E-state index contributed by atoms with van der Waals surface area (Å²) in [6.07, 6.45) is 0.682. The van der Waals surface area contributed by atoms with E-state index < -0.39 is 17.5 Å². The van der Waals surface area contributed by atoms with E-state index in [2.05, 4.69) is 18.4 Å². The summed E-state index contributed by atoms with van der Waals surface area (Å²) in [4.78, 5) is 27.8. The Morgan fingerprint density at radius 1 is 0.746 bits per heavy atom. The molecule has 0 radical (unpaired) electrons. The quantitative estimate of drug-likeness (QED) is 0.0315. The topological polar surface area (TPSA) is 148 Å². The Labute approximate surface area is 396 Å². The maximum absolute atomic E-state index is 14.9. The maximum atomic E-state index is 14.9. The standard InChI is InChI=1S/C53H73FN2O11/c1-38(2)50-49(46(57)35-39-13-19-43(20-14-39)64-34-33-63-32-31-62-30-29-61-28-27-60-26-25-59-24-22-55)48(40-11-9-8-10-12-40)51(41-15-17-42(54)18-16-41)56(50)23-21-44-36-45(66-53(6,7)65-44)37-47(58)67-52(3,4)5/h8-20,38,44-45H,21-37,55H2,1-7H3/t44-,45-/m1/s1. The number of benzene rings is 3. The highest BCUT2D eigenvalue weighted by Gasteiger charge is 2.38. The van der Waals surface area contributed by atoms with Gasteiger partial charge in [0.05, 0.1) is 90.4 Å². The first-order valence-electron chi connectivity index (χ1n) is 23.6. The molecule has 3 aromatic carbocycles. The molecule has 1 aliphatic rings. The summed E-state index contributed by atoms with van der Waals surface area (Å²) in [6, 6.07) is 23.9. The predicted molar refractivity (Wildman–Crippen MR) is 256 cm³/mol. The molecule has 0 amide bonds. The summed E-state index contributed by atoms with van der Waals surface area (Å²) in [5, 5.41) is 0. The van der Waals surface area contributed by atoms with E-state index in [1.165, 1.54) is 12.1 Å². The number of nitrogens with zero attached hydrogens (tertiary/aromatic N) is 1. The summed E-state index contributed by atoms with van der Waals surface area (Å²) in [5.41, 5.74) is 10.5. The zero-order chi connectivity index (χ0) is 48.2. The monoisotopic (exact) mass is 933 g/mol. The fraction of sp³-hybridized carbons (Fsp3) is 0.547. The number of esters is 1. The van der Waals surface area contributed by atoms with Crippen molar-refractivity contribution < 1.29 is 56.6 Å². The Bertz CT molecular complexity index is 2080. The molecule has 1 aliphatic heterocycles. The van der Waals surface area contributed by atoms with Gasteiger partial charge in [-0.1, -0.05) is 56.3 Å². The van der Waals surface area contributed by atoms with Crippen molar-refractivity contribution >= 4 is 11.8 Å². The maximum Gasteiger partial charge on any atom is 0.308 e. The third kappa shape index (κ3) is 17.8. The van der Waals surface area contributed by atoms with Gasteiger partial charge in [-0.15, -0.1) is 0 Å². The number of nitrogens with two attached hydrogens (primary N) is 1. The van der Waals surface area contributed by atoms with Crippen molar-refractivity contribution in [2.45, 2.75) is 110 Å². The molecule has 1 aromatic heterocycles. The van der Waals surface area contributed by atoms with Crippen molar-refractivity contribution in [3.63, 3.8) is 0 Å². The first-order valence-corrected chi connectivity index (χ1v) is 23.6. The lowest BCUT2D eigenvalue weighted by Gasteiger charge is -2.41. The second kappa shape index (κ2) is 26.9. The molecule has 4 aromatic rings. The summed E-state index contributed by atoms with van der Waals surface area (Å²) in [5.74, 6) is -1.02. The summed E-state index contributed by atoms with van der Waals surface area (Å²) in [7, 11) is 0. The van der Waals surface area contributed by atoms with Crippen LogP contribution >= 0.6 is 0 Å². The van der Waals surface area contributed by atoms with E-state index in [4.69, 9.17) is 48.4 Å². The van der Waals surface area contributed by atoms with Crippen molar-refractivity contribution in [1.82, 2.24) is 4.57 Å². The second-order valence-electron chi connectivity index (χ2n) is 18.3. The number of hydrogen-bond donors (Lipinski definition) is 1. The fourth-order valence-corrected chi connectivity index (χ4v) is 8.17. The molecule has 2 heterocycles. The molecule has 0 unspecified atom stereocenters. The minimum Gasteiger partial charge on any atom is -0.491 e. The predicted octanol–water partition coefficient (Wildman–Crippen LogP) is 8.96. The Kier molecular flexibility index (Phi) is 21.4. The zero-order valence-electron chi connectivity index (χ0n) is 40.7. The smallest absolute Gasteiger partial charge is 0.308 e. The highest BCUT2D eigenvalue weighted by atomic mass is 19.1. The SMILES string of the molecule is CC(C)c1c(C(=O)Cc2ccc(OCCOCCOCCOCCOCCOCCN)cc2)c(-c2ccccc2)c(-c2ccc(F)cc2)n1CC[C@@H]1C[C@H](CC(=O)OC(C)(C)C)OC(C)(C)O1. The van der Waals surface area contributed by atoms with Crippen molar-refractivity contribution in [3.8, 4) is 28.1 Å². The molecule has 2 atom stereocenters. The fourth-order valence-electron chi connectivity index (χ4n) is 8.17. The molecule has 1 saturated heterocycles. The third-order valence-electron chi connectivity index (χ3n) is 10.8. The van der Waals surface area contributed by atoms with Gasteiger partial charge in [0, 0.05) is 42.8 Å². The van der Waals surface area contributed by atoms with Crippen LogP contribution in [0.15, 0.2) is 78.9 Å². The van der Waals surface area contributed by atoms with E-state index in [0.29, 0.717) is 110 Å². The van der Waals surface area contributed by atoms with Gasteiger partial charge in [0.1, 0.15) is 23.8 Å². The van der Waals surface area contributed by atoms with Crippen LogP contribution in [0, 0.1) is 5.82 Å². The van der Waals surface area contributed by atoms with Crippen molar-refractivity contribution in [2.75, 3.05) is 79.2 Å². The number of halogens is 1. The summed E-state index contributed by atoms with van der Waals surface area (Å²) < 4.78 is 68.4. The lowest BCUT2D eigenvalue weighted by molar-refractivity contribution is -0.301. The van der Waals surface area contributed by atoms with Gasteiger partial charge in [-0.3, -0.25) is 9.59 Å². The molecule has 5 rings (SSSR count). The molecule has 0 aliphatic carbocycles. The number of aromatic nitrogens is 1. The minimum atomic E-state index is -0.928. The van der Waals surface area contributed by atoms with Crippen LogP contribution < -0.4 is 10.5 Å². The van der Waals surface area contributed by atoms with Gasteiger partial charge in [0.25, 0.3) is 0 Å². The molecule has 67 heavy (non-hydrogen) atoms. The normalized spacial score (nSPS) is 16.1. The van der Waals surface area contributed by atoms with Crippen LogP contribution in [-0.2, 0) is 55.7 Å². The van der Waals surface area contributed by atoms with Crippen LogP contribution in [0.1, 0.15) is 95.3 Å². The largest absolute Gasteiger partial charge is 0.491 e. The number of rotatable bonds is 29. The summed E-state index contributed by atoms with van der Waals surface area (Å²) >= 11 is 0. The van der Waals surface area contributed by atoms with Gasteiger partial charge in [-0.05, 0) is 100 Å². The number of hydrogen-bond acceptors (Lipinski definition) is 12. The van der Waals surface area contributed by atoms with Crippen LogP contribution in [0.25, 0.3) is 22.4 Å². The molecule has 368 valence electrons. The zero-order valence-corrected chi connectivity index (χ0v) is 40.7. The second-order valence-corrected chi connectivity index (χ2v) is 18.3. The van der Waals surface area contributed by atoms with Crippen LogP contribution in [0.2, 0.25) is 0 Å². The first-order chi connectivity index (χ1) is 32.1. The van der Waals surface area contributed by atoms with Crippen molar-refractivity contribution in [3.05, 3.63) is 102 Å². The number of ether oxygens (including phenoxy) is 9. The Morgan fingerprint density at radius 2 is 1.30 bits per heavy atom. The van der Waals surface area contributed by atoms with Gasteiger partial charge in [0.2, 0.25) is 0 Å². The number of ketones is 1. The molecular weight excluding hydrogens is 860 g/mol. The molecule has 14 heteroatoms. The number of carbonyl (C=O) groups excluding carboxylic acids is 2. The average molecular weight is 933 g/mol. The van der Waals surface area contributed by atoms with E-state index in [9.17, 15) is 14.0 Å². The molecule has 2 N–H and O–H groups in total. The molecule has 0 spiro atoms. The van der Waals surface area contributed by atoms with E-state index in [1.54, 1.807) is 12.1 Å².